The highest BCUT2D eigenvalue weighted by Crippen LogP contribution is 2.47. The Labute approximate surface area is 117 Å². The fourth-order valence-electron chi connectivity index (χ4n) is 3.99. The first-order valence-corrected chi connectivity index (χ1v) is 7.10. The summed E-state index contributed by atoms with van der Waals surface area (Å²) in [6, 6.07) is 9.94. The van der Waals surface area contributed by atoms with Crippen molar-refractivity contribution in [1.82, 2.24) is 5.32 Å². The number of hydrogen-bond acceptors (Lipinski definition) is 1. The first kappa shape index (κ1) is 13.9. The predicted molar refractivity (Wildman–Crippen MR) is 79.6 cm³/mol. The molecule has 0 bridgehead atoms. The van der Waals surface area contributed by atoms with Gasteiger partial charge in [-0.1, -0.05) is 24.3 Å². The summed E-state index contributed by atoms with van der Waals surface area (Å²) in [5, 5.41) is 3.45. The van der Waals surface area contributed by atoms with Gasteiger partial charge in [0, 0.05) is 6.04 Å². The van der Waals surface area contributed by atoms with Gasteiger partial charge in [0.2, 0.25) is 0 Å². The summed E-state index contributed by atoms with van der Waals surface area (Å²) in [5.41, 5.74) is 3.84. The van der Waals surface area contributed by atoms with Crippen LogP contribution < -0.4 is 5.32 Å². The number of benzene rings is 1. The van der Waals surface area contributed by atoms with Crippen LogP contribution in [0.15, 0.2) is 24.3 Å². The Bertz CT molecular complexity index is 394. The summed E-state index contributed by atoms with van der Waals surface area (Å²) in [5.74, 6) is 0. The molecule has 0 amide bonds. The maximum absolute atomic E-state index is 3.45. The van der Waals surface area contributed by atoms with Gasteiger partial charge in [0.1, 0.15) is 0 Å². The van der Waals surface area contributed by atoms with Crippen LogP contribution in [0.2, 0.25) is 0 Å². The summed E-state index contributed by atoms with van der Waals surface area (Å²) in [4.78, 5) is 0. The van der Waals surface area contributed by atoms with Gasteiger partial charge in [-0.05, 0) is 68.5 Å². The number of fused-ring (bicyclic) bond motifs is 2. The van der Waals surface area contributed by atoms with E-state index in [-0.39, 0.29) is 12.4 Å². The average Bonchev–Trinajstić information content (AvgIpc) is 2.40. The van der Waals surface area contributed by atoms with E-state index in [1.807, 2.05) is 0 Å². The molecular weight excluding hydrogens is 242 g/mol. The lowest BCUT2D eigenvalue weighted by molar-refractivity contribution is 0.224. The number of hydrogen-bond donors (Lipinski definition) is 1. The predicted octanol–water partition coefficient (Wildman–Crippen LogP) is 3.84. The summed E-state index contributed by atoms with van der Waals surface area (Å²) in [6.45, 7) is 0. The zero-order valence-corrected chi connectivity index (χ0v) is 12.1. The van der Waals surface area contributed by atoms with Crippen molar-refractivity contribution in [2.24, 2.45) is 0 Å². The van der Waals surface area contributed by atoms with Crippen LogP contribution in [0.4, 0.5) is 0 Å². The highest BCUT2D eigenvalue weighted by Gasteiger charge is 2.39. The maximum Gasteiger partial charge on any atom is 0.00647 e. The number of halogens is 1. The van der Waals surface area contributed by atoms with Crippen LogP contribution in [0.25, 0.3) is 0 Å². The Kier molecular flexibility index (Phi) is 4.34. The molecule has 1 spiro atoms. The van der Waals surface area contributed by atoms with Crippen LogP contribution in [0.3, 0.4) is 0 Å². The largest absolute Gasteiger partial charge is 0.317 e. The van der Waals surface area contributed by atoms with Gasteiger partial charge < -0.3 is 5.32 Å². The molecule has 1 aromatic carbocycles. The average molecular weight is 266 g/mol. The molecule has 0 atom stereocenters. The molecule has 2 heteroatoms. The first-order valence-electron chi connectivity index (χ1n) is 7.10. The smallest absolute Gasteiger partial charge is 0.00647 e. The normalized spacial score (nSPS) is 30.6. The van der Waals surface area contributed by atoms with Crippen molar-refractivity contribution >= 4 is 12.4 Å². The van der Waals surface area contributed by atoms with Gasteiger partial charge >= 0.3 is 0 Å². The Morgan fingerprint density at radius 2 is 1.83 bits per heavy atom. The van der Waals surface area contributed by atoms with Gasteiger partial charge in [-0.15, -0.1) is 12.4 Å². The summed E-state index contributed by atoms with van der Waals surface area (Å²) in [6.07, 6.45) is 9.58. The summed E-state index contributed by atoms with van der Waals surface area (Å²) < 4.78 is 0. The van der Waals surface area contributed by atoms with Crippen molar-refractivity contribution in [3.8, 4) is 0 Å². The quantitative estimate of drug-likeness (QED) is 0.814. The molecule has 1 fully saturated rings. The van der Waals surface area contributed by atoms with Crippen LogP contribution in [0, 0.1) is 0 Å². The Hall–Kier alpha value is -0.530. The fraction of sp³-hybridized carbons (Fsp3) is 0.625. The highest BCUT2D eigenvalue weighted by molar-refractivity contribution is 5.85. The third kappa shape index (κ3) is 2.31. The van der Waals surface area contributed by atoms with Gasteiger partial charge in [-0.2, -0.15) is 0 Å². The molecule has 0 aromatic heterocycles. The number of nitrogens with one attached hydrogen (secondary N) is 1. The van der Waals surface area contributed by atoms with E-state index in [0.717, 1.165) is 6.04 Å². The van der Waals surface area contributed by atoms with Gasteiger partial charge in [0.15, 0.2) is 0 Å². The van der Waals surface area contributed by atoms with Crippen LogP contribution in [-0.4, -0.2) is 13.1 Å². The molecule has 0 radical (unpaired) electrons. The van der Waals surface area contributed by atoms with Crippen molar-refractivity contribution < 1.29 is 0 Å². The minimum absolute atomic E-state index is 0. The van der Waals surface area contributed by atoms with Crippen LogP contribution in [0.1, 0.15) is 49.7 Å². The number of aryl methyl sites for hydroxylation is 1. The monoisotopic (exact) mass is 265 g/mol. The lowest BCUT2D eigenvalue weighted by Crippen LogP contribution is -2.40. The molecule has 18 heavy (non-hydrogen) atoms. The van der Waals surface area contributed by atoms with E-state index in [4.69, 9.17) is 0 Å². The van der Waals surface area contributed by atoms with Crippen LogP contribution in [-0.2, 0) is 11.8 Å². The Morgan fingerprint density at radius 1 is 1.11 bits per heavy atom. The summed E-state index contributed by atoms with van der Waals surface area (Å²) >= 11 is 0. The van der Waals surface area contributed by atoms with E-state index in [9.17, 15) is 0 Å². The SMILES string of the molecule is CNC1CCC2(CCCc3ccccc32)CC1.Cl. The van der Waals surface area contributed by atoms with E-state index in [2.05, 4.69) is 36.6 Å². The maximum atomic E-state index is 3.45. The molecule has 0 heterocycles. The molecule has 3 rings (SSSR count). The standard InChI is InChI=1S/C16H23N.ClH/c1-17-14-8-11-16(12-9-14)10-4-6-13-5-2-3-7-15(13)16;/h2-3,5,7,14,17H,4,6,8-12H2,1H3;1H. The van der Waals surface area contributed by atoms with Gasteiger partial charge in [0.05, 0.1) is 0 Å². The first-order chi connectivity index (χ1) is 8.34. The second kappa shape index (κ2) is 5.63. The molecule has 1 nitrogen and oxygen atoms in total. The van der Waals surface area contributed by atoms with Gasteiger partial charge in [0.25, 0.3) is 0 Å². The highest BCUT2D eigenvalue weighted by atomic mass is 35.5. The minimum atomic E-state index is 0. The Balaban J connectivity index is 0.00000120. The zero-order valence-electron chi connectivity index (χ0n) is 11.2. The molecule has 0 saturated heterocycles. The third-order valence-electron chi connectivity index (χ3n) is 5.04. The lowest BCUT2D eigenvalue weighted by atomic mass is 9.62. The third-order valence-corrected chi connectivity index (χ3v) is 5.04. The van der Waals surface area contributed by atoms with E-state index in [1.54, 1.807) is 11.1 Å². The van der Waals surface area contributed by atoms with Crippen molar-refractivity contribution in [1.29, 1.82) is 0 Å². The molecule has 1 saturated carbocycles. The lowest BCUT2D eigenvalue weighted by Gasteiger charge is -2.44. The van der Waals surface area contributed by atoms with E-state index >= 15 is 0 Å². The molecule has 2 aliphatic carbocycles. The molecule has 100 valence electrons. The van der Waals surface area contributed by atoms with Crippen molar-refractivity contribution in [3.05, 3.63) is 35.4 Å². The molecule has 0 unspecified atom stereocenters. The van der Waals surface area contributed by atoms with Gasteiger partial charge in [-0.25, -0.2) is 0 Å². The van der Waals surface area contributed by atoms with Crippen molar-refractivity contribution in [2.75, 3.05) is 7.05 Å². The second-order valence-corrected chi connectivity index (χ2v) is 5.85. The Morgan fingerprint density at radius 3 is 2.56 bits per heavy atom. The van der Waals surface area contributed by atoms with Crippen LogP contribution in [0.5, 0.6) is 0 Å². The fourth-order valence-corrected chi connectivity index (χ4v) is 3.99. The summed E-state index contributed by atoms with van der Waals surface area (Å²) in [7, 11) is 2.11. The van der Waals surface area contributed by atoms with E-state index in [0.29, 0.717) is 5.41 Å². The molecule has 1 N–H and O–H groups in total. The topological polar surface area (TPSA) is 12.0 Å². The molecule has 1 aromatic rings. The molecule has 2 aliphatic rings. The van der Waals surface area contributed by atoms with E-state index in [1.165, 1.54) is 44.9 Å². The molecule has 0 aliphatic heterocycles. The number of rotatable bonds is 1. The van der Waals surface area contributed by atoms with E-state index < -0.39 is 0 Å². The van der Waals surface area contributed by atoms with Crippen molar-refractivity contribution in [2.45, 2.75) is 56.4 Å². The minimum Gasteiger partial charge on any atom is -0.317 e. The van der Waals surface area contributed by atoms with Gasteiger partial charge in [-0.3, -0.25) is 0 Å². The zero-order chi connectivity index (χ0) is 11.7. The second-order valence-electron chi connectivity index (χ2n) is 5.85. The molecular formula is C16H24ClN. The van der Waals surface area contributed by atoms with Crippen LogP contribution >= 0.6 is 12.4 Å². The van der Waals surface area contributed by atoms with Crippen molar-refractivity contribution in [3.63, 3.8) is 0 Å².